The standard InChI is InChI=1S/C7H6I2O3S/c1-4-2-5(8)6(9)3-7(4)13(10,11)12/h2-3H,1H3,(H,10,11,12). The Labute approximate surface area is 104 Å². The molecule has 0 spiro atoms. The second-order valence-corrected chi connectivity index (χ2v) is 6.22. The maximum absolute atomic E-state index is 10.9. The molecule has 0 fully saturated rings. The lowest BCUT2D eigenvalue weighted by Crippen LogP contribution is -2.02. The van der Waals surface area contributed by atoms with Gasteiger partial charge in [-0.3, -0.25) is 4.55 Å². The van der Waals surface area contributed by atoms with Crippen LogP contribution < -0.4 is 0 Å². The molecule has 0 amide bonds. The molecule has 0 aromatic heterocycles. The van der Waals surface area contributed by atoms with E-state index in [0.717, 1.165) is 7.14 Å². The summed E-state index contributed by atoms with van der Waals surface area (Å²) in [6.45, 7) is 1.65. The van der Waals surface area contributed by atoms with Crippen molar-refractivity contribution in [3.8, 4) is 0 Å². The third-order valence-electron chi connectivity index (χ3n) is 1.50. The summed E-state index contributed by atoms with van der Waals surface area (Å²) < 4.78 is 32.4. The molecule has 0 aliphatic carbocycles. The summed E-state index contributed by atoms with van der Waals surface area (Å²) in [4.78, 5) is -0.0164. The van der Waals surface area contributed by atoms with Gasteiger partial charge in [0.25, 0.3) is 10.1 Å². The number of halogens is 2. The second-order valence-electron chi connectivity index (χ2n) is 2.51. The van der Waals surface area contributed by atoms with Crippen molar-refractivity contribution in [2.75, 3.05) is 0 Å². The minimum atomic E-state index is -4.08. The summed E-state index contributed by atoms with van der Waals surface area (Å²) in [7, 11) is -4.08. The molecule has 0 atom stereocenters. The first-order valence-electron chi connectivity index (χ1n) is 3.25. The zero-order valence-corrected chi connectivity index (χ0v) is 11.7. The first kappa shape index (κ1) is 11.7. The molecule has 0 saturated carbocycles. The van der Waals surface area contributed by atoms with Crippen molar-refractivity contribution in [1.82, 2.24) is 0 Å². The van der Waals surface area contributed by atoms with Gasteiger partial charge in [-0.25, -0.2) is 0 Å². The summed E-state index contributed by atoms with van der Waals surface area (Å²) in [6.07, 6.45) is 0. The lowest BCUT2D eigenvalue weighted by molar-refractivity contribution is 0.482. The van der Waals surface area contributed by atoms with Crippen LogP contribution in [0, 0.1) is 14.1 Å². The maximum Gasteiger partial charge on any atom is 0.294 e. The minimum Gasteiger partial charge on any atom is -0.282 e. The molecule has 72 valence electrons. The third kappa shape index (κ3) is 2.77. The second kappa shape index (κ2) is 3.99. The maximum atomic E-state index is 10.9. The zero-order chi connectivity index (χ0) is 10.2. The Bertz CT molecular complexity index is 439. The van der Waals surface area contributed by atoms with Crippen molar-refractivity contribution >= 4 is 55.3 Å². The van der Waals surface area contributed by atoms with Gasteiger partial charge >= 0.3 is 0 Å². The number of hydrogen-bond donors (Lipinski definition) is 1. The van der Waals surface area contributed by atoms with Crippen LogP contribution in [0.2, 0.25) is 0 Å². The van der Waals surface area contributed by atoms with Crippen LogP contribution in [0.5, 0.6) is 0 Å². The van der Waals surface area contributed by atoms with Crippen molar-refractivity contribution in [2.24, 2.45) is 0 Å². The Balaban J connectivity index is 3.50. The average molecular weight is 424 g/mol. The number of hydrogen-bond acceptors (Lipinski definition) is 2. The van der Waals surface area contributed by atoms with Gasteiger partial charge in [0.15, 0.2) is 0 Å². The highest BCUT2D eigenvalue weighted by atomic mass is 127. The fourth-order valence-electron chi connectivity index (χ4n) is 0.906. The highest BCUT2D eigenvalue weighted by molar-refractivity contribution is 14.1. The summed E-state index contributed by atoms with van der Waals surface area (Å²) >= 11 is 4.13. The fraction of sp³-hybridized carbons (Fsp3) is 0.143. The van der Waals surface area contributed by atoms with Crippen molar-refractivity contribution in [1.29, 1.82) is 0 Å². The Morgan fingerprint density at radius 3 is 2.15 bits per heavy atom. The first-order valence-corrected chi connectivity index (χ1v) is 6.85. The van der Waals surface area contributed by atoms with Crippen LogP contribution in [0.15, 0.2) is 17.0 Å². The molecule has 0 aliphatic rings. The molecule has 1 rings (SSSR count). The van der Waals surface area contributed by atoms with Gasteiger partial charge in [-0.2, -0.15) is 8.42 Å². The van der Waals surface area contributed by atoms with Crippen LogP contribution in [-0.2, 0) is 10.1 Å². The van der Waals surface area contributed by atoms with E-state index in [2.05, 4.69) is 22.6 Å². The van der Waals surface area contributed by atoms with Crippen molar-refractivity contribution in [2.45, 2.75) is 11.8 Å². The molecule has 0 aliphatic heterocycles. The summed E-state index contributed by atoms with van der Waals surface area (Å²) in [6, 6.07) is 3.19. The van der Waals surface area contributed by atoms with Gasteiger partial charge in [-0.05, 0) is 69.8 Å². The van der Waals surface area contributed by atoms with E-state index in [-0.39, 0.29) is 4.90 Å². The predicted octanol–water partition coefficient (Wildman–Crippen LogP) is 2.45. The van der Waals surface area contributed by atoms with Crippen LogP contribution in [-0.4, -0.2) is 13.0 Å². The van der Waals surface area contributed by atoms with E-state index < -0.39 is 10.1 Å². The van der Waals surface area contributed by atoms with Gasteiger partial charge in [-0.1, -0.05) is 0 Å². The topological polar surface area (TPSA) is 54.4 Å². The molecular formula is C7H6I2O3S. The first-order chi connectivity index (χ1) is 5.82. The smallest absolute Gasteiger partial charge is 0.282 e. The molecule has 6 heteroatoms. The molecular weight excluding hydrogens is 418 g/mol. The summed E-state index contributed by atoms with van der Waals surface area (Å²) in [5, 5.41) is 0. The van der Waals surface area contributed by atoms with Crippen molar-refractivity contribution in [3.63, 3.8) is 0 Å². The summed E-state index contributed by atoms with van der Waals surface area (Å²) in [5.41, 5.74) is 0.562. The van der Waals surface area contributed by atoms with Crippen molar-refractivity contribution < 1.29 is 13.0 Å². The molecule has 3 nitrogen and oxygen atoms in total. The van der Waals surface area contributed by atoms with Gasteiger partial charge in [0.2, 0.25) is 0 Å². The monoisotopic (exact) mass is 424 g/mol. The predicted molar refractivity (Wildman–Crippen MR) is 66.4 cm³/mol. The largest absolute Gasteiger partial charge is 0.294 e. The van der Waals surface area contributed by atoms with Crippen molar-refractivity contribution in [3.05, 3.63) is 24.8 Å². The molecule has 1 N–H and O–H groups in total. The zero-order valence-electron chi connectivity index (χ0n) is 6.58. The summed E-state index contributed by atoms with van der Waals surface area (Å²) in [5.74, 6) is 0. The third-order valence-corrected chi connectivity index (χ3v) is 5.31. The number of benzene rings is 1. The minimum absolute atomic E-state index is 0.0164. The molecule has 0 saturated heterocycles. The van der Waals surface area contributed by atoms with E-state index in [4.69, 9.17) is 4.55 Å². The lowest BCUT2D eigenvalue weighted by Gasteiger charge is -2.04. The van der Waals surface area contributed by atoms with E-state index in [1.807, 2.05) is 22.6 Å². The normalized spacial score (nSPS) is 11.7. The molecule has 1 aromatic rings. The average Bonchev–Trinajstić information content (AvgIpc) is 1.94. The van der Waals surface area contributed by atoms with Gasteiger partial charge in [0, 0.05) is 7.14 Å². The molecule has 13 heavy (non-hydrogen) atoms. The van der Waals surface area contributed by atoms with Crippen LogP contribution in [0.4, 0.5) is 0 Å². The Morgan fingerprint density at radius 1 is 1.23 bits per heavy atom. The quantitative estimate of drug-likeness (QED) is 0.557. The Morgan fingerprint density at radius 2 is 1.69 bits per heavy atom. The van der Waals surface area contributed by atoms with Crippen LogP contribution in [0.3, 0.4) is 0 Å². The Hall–Kier alpha value is 0.590. The molecule has 1 aromatic carbocycles. The Kier molecular flexibility index (Phi) is 3.58. The van der Waals surface area contributed by atoms with Crippen LogP contribution >= 0.6 is 45.2 Å². The molecule has 0 bridgehead atoms. The van der Waals surface area contributed by atoms with Crippen LogP contribution in [0.25, 0.3) is 0 Å². The highest BCUT2D eigenvalue weighted by Gasteiger charge is 2.14. The molecule has 0 unspecified atom stereocenters. The van der Waals surface area contributed by atoms with Gasteiger partial charge in [-0.15, -0.1) is 0 Å². The van der Waals surface area contributed by atoms with E-state index in [1.54, 1.807) is 13.0 Å². The highest BCUT2D eigenvalue weighted by Crippen LogP contribution is 2.23. The van der Waals surface area contributed by atoms with E-state index in [9.17, 15) is 8.42 Å². The van der Waals surface area contributed by atoms with E-state index in [1.165, 1.54) is 6.07 Å². The number of rotatable bonds is 1. The van der Waals surface area contributed by atoms with Gasteiger partial charge in [0.05, 0.1) is 4.90 Å². The van der Waals surface area contributed by atoms with Gasteiger partial charge in [0.1, 0.15) is 0 Å². The number of aryl methyl sites for hydroxylation is 1. The fourth-order valence-corrected chi connectivity index (χ4v) is 2.94. The van der Waals surface area contributed by atoms with E-state index in [0.29, 0.717) is 5.56 Å². The van der Waals surface area contributed by atoms with E-state index >= 15 is 0 Å². The van der Waals surface area contributed by atoms with Gasteiger partial charge < -0.3 is 0 Å². The lowest BCUT2D eigenvalue weighted by atomic mass is 10.2. The molecule has 0 radical (unpaired) electrons. The van der Waals surface area contributed by atoms with Crippen LogP contribution in [0.1, 0.15) is 5.56 Å². The SMILES string of the molecule is Cc1cc(I)c(I)cc1S(=O)(=O)O. The molecule has 0 heterocycles.